The van der Waals surface area contributed by atoms with Gasteiger partial charge in [-0.05, 0) is 30.3 Å². The highest BCUT2D eigenvalue weighted by molar-refractivity contribution is 5.90. The third-order valence-electron chi connectivity index (χ3n) is 8.61. The van der Waals surface area contributed by atoms with Gasteiger partial charge in [0.25, 0.3) is 0 Å². The molecular formula is C34H34O18. The highest BCUT2D eigenvalue weighted by Gasteiger charge is 2.52. The van der Waals surface area contributed by atoms with Crippen LogP contribution in [0.2, 0.25) is 0 Å². The normalized spacial score (nSPS) is 29.1. The Bertz CT molecular complexity index is 1970. The van der Waals surface area contributed by atoms with Crippen LogP contribution in [0, 0.1) is 0 Å². The minimum Gasteiger partial charge on any atom is -0.504 e. The molecule has 0 saturated carbocycles. The lowest BCUT2D eigenvalue weighted by Gasteiger charge is -2.45. The average Bonchev–Trinajstić information content (AvgIpc) is 3.13. The van der Waals surface area contributed by atoms with Gasteiger partial charge in [0.05, 0.1) is 12.2 Å². The second kappa shape index (κ2) is 14.9. The fourth-order valence-corrected chi connectivity index (χ4v) is 5.74. The first-order chi connectivity index (χ1) is 24.8. The second-order valence-electron chi connectivity index (χ2n) is 12.0. The molecule has 278 valence electrons. The predicted molar refractivity (Wildman–Crippen MR) is 171 cm³/mol. The Hall–Kier alpha value is -5.02. The van der Waals surface area contributed by atoms with Gasteiger partial charge in [-0.2, -0.15) is 0 Å². The van der Waals surface area contributed by atoms with Gasteiger partial charge in [-0.1, -0.05) is 18.2 Å². The molecule has 18 nitrogen and oxygen atoms in total. The van der Waals surface area contributed by atoms with E-state index >= 15 is 0 Å². The van der Waals surface area contributed by atoms with Crippen LogP contribution in [0.25, 0.3) is 22.3 Å². The lowest BCUT2D eigenvalue weighted by molar-refractivity contribution is -0.357. The Balaban J connectivity index is 1.28. The van der Waals surface area contributed by atoms with Crippen molar-refractivity contribution in [3.8, 4) is 40.1 Å². The summed E-state index contributed by atoms with van der Waals surface area (Å²) >= 11 is 0. The number of hydrogen-bond acceptors (Lipinski definition) is 18. The van der Waals surface area contributed by atoms with Crippen LogP contribution in [-0.2, 0) is 18.9 Å². The maximum absolute atomic E-state index is 13.0. The molecule has 2 fully saturated rings. The zero-order chi connectivity index (χ0) is 37.4. The topological polar surface area (TPSA) is 296 Å². The smallest absolute Gasteiger partial charge is 0.338 e. The van der Waals surface area contributed by atoms with Gasteiger partial charge in [0.2, 0.25) is 12.0 Å². The molecule has 2 aliphatic heterocycles. The number of phenolic OH excluding ortho intramolecular Hbond substituents is 4. The Kier molecular flexibility index (Phi) is 10.5. The third kappa shape index (κ3) is 7.06. The zero-order valence-corrected chi connectivity index (χ0v) is 26.7. The fourth-order valence-electron chi connectivity index (χ4n) is 5.74. The standard InChI is InChI=1S/C34H34O18/c35-11-21-25(40)29(44)31(52-33-30(45)28(43)26(41)22(51-33)12-47-32(46)13-4-2-1-3-5-13)34(50-21)49-20-10-19-23(27(42)24(20)39)17(38)9-18(48-19)14-6-7-15(36)16(37)8-14/h1-10,21-22,25-26,28-31,33-37,39-45H,11-12H2/t21-,22-,25-,26-,28+,29+,30-,31-,33+,34-/m1/s1. The summed E-state index contributed by atoms with van der Waals surface area (Å²) in [4.78, 5) is 25.4. The monoisotopic (exact) mass is 730 g/mol. The molecule has 0 bridgehead atoms. The SMILES string of the molecule is O=C(OC[C@H]1O[C@@H](O[C@H]2[C@H](Oc3cc4oc(-c5ccc(O)c(O)c5)cc(=O)c4c(O)c3O)O[C@H](CO)[C@@H](O)[C@@H]2O)[C@H](O)[C@@H](O)[C@@H]1O)c1ccccc1. The first kappa shape index (κ1) is 36.8. The van der Waals surface area contributed by atoms with E-state index in [1.165, 1.54) is 18.2 Å². The van der Waals surface area contributed by atoms with E-state index in [4.69, 9.17) is 28.1 Å². The van der Waals surface area contributed by atoms with Crippen LogP contribution in [0.15, 0.2) is 69.9 Å². The molecule has 2 saturated heterocycles. The molecule has 3 aromatic carbocycles. The number of aromatic hydroxyl groups is 4. The molecule has 0 unspecified atom stereocenters. The number of rotatable bonds is 9. The highest BCUT2D eigenvalue weighted by atomic mass is 16.8. The third-order valence-corrected chi connectivity index (χ3v) is 8.61. The van der Waals surface area contributed by atoms with Crippen LogP contribution in [0.1, 0.15) is 10.4 Å². The van der Waals surface area contributed by atoms with E-state index in [-0.39, 0.29) is 22.5 Å². The van der Waals surface area contributed by atoms with Crippen LogP contribution >= 0.6 is 0 Å². The Morgan fingerprint density at radius 1 is 0.731 bits per heavy atom. The molecule has 10 N–H and O–H groups in total. The van der Waals surface area contributed by atoms with Gasteiger partial charge in [-0.15, -0.1) is 0 Å². The zero-order valence-electron chi connectivity index (χ0n) is 26.7. The van der Waals surface area contributed by atoms with Gasteiger partial charge >= 0.3 is 5.97 Å². The summed E-state index contributed by atoms with van der Waals surface area (Å²) in [5.41, 5.74) is -0.869. The first-order valence-electron chi connectivity index (χ1n) is 15.7. The Morgan fingerprint density at radius 3 is 2.12 bits per heavy atom. The quantitative estimate of drug-likeness (QED) is 0.0741. The summed E-state index contributed by atoms with van der Waals surface area (Å²) < 4.78 is 33.6. The predicted octanol–water partition coefficient (Wildman–Crippen LogP) is -0.850. The van der Waals surface area contributed by atoms with Crippen molar-refractivity contribution < 1.29 is 84.0 Å². The minimum absolute atomic E-state index is 0.133. The van der Waals surface area contributed by atoms with E-state index < -0.39 is 120 Å². The molecule has 4 aromatic rings. The molecule has 0 radical (unpaired) electrons. The van der Waals surface area contributed by atoms with E-state index in [2.05, 4.69) is 0 Å². The lowest BCUT2D eigenvalue weighted by atomic mass is 9.97. The Morgan fingerprint density at radius 2 is 1.42 bits per heavy atom. The largest absolute Gasteiger partial charge is 0.504 e. The van der Waals surface area contributed by atoms with Crippen LogP contribution in [-0.4, -0.2) is 132 Å². The maximum Gasteiger partial charge on any atom is 0.338 e. The number of benzene rings is 3. The number of phenols is 4. The summed E-state index contributed by atoms with van der Waals surface area (Å²) in [6.07, 6.45) is -18.2. The average molecular weight is 731 g/mol. The molecule has 0 amide bonds. The highest BCUT2D eigenvalue weighted by Crippen LogP contribution is 2.43. The number of aliphatic hydroxyl groups excluding tert-OH is 6. The van der Waals surface area contributed by atoms with E-state index in [0.717, 1.165) is 24.3 Å². The van der Waals surface area contributed by atoms with Crippen molar-refractivity contribution in [3.63, 3.8) is 0 Å². The number of carbonyl (C=O) groups is 1. The summed E-state index contributed by atoms with van der Waals surface area (Å²) in [5, 5.41) is 104. The van der Waals surface area contributed by atoms with E-state index in [0.29, 0.717) is 0 Å². The molecule has 18 heteroatoms. The molecular weight excluding hydrogens is 696 g/mol. The van der Waals surface area contributed by atoms with Crippen LogP contribution in [0.4, 0.5) is 0 Å². The van der Waals surface area contributed by atoms with Crippen molar-refractivity contribution in [1.82, 2.24) is 0 Å². The number of carbonyl (C=O) groups excluding carboxylic acids is 1. The van der Waals surface area contributed by atoms with Crippen molar-refractivity contribution in [1.29, 1.82) is 0 Å². The van der Waals surface area contributed by atoms with Crippen molar-refractivity contribution in [2.75, 3.05) is 13.2 Å². The first-order valence-corrected chi connectivity index (χ1v) is 15.7. The van der Waals surface area contributed by atoms with E-state index in [1.54, 1.807) is 18.2 Å². The van der Waals surface area contributed by atoms with Gasteiger partial charge < -0.3 is 79.2 Å². The van der Waals surface area contributed by atoms with Crippen molar-refractivity contribution >= 4 is 16.9 Å². The molecule has 0 spiro atoms. The van der Waals surface area contributed by atoms with Crippen molar-refractivity contribution in [2.24, 2.45) is 0 Å². The molecule has 52 heavy (non-hydrogen) atoms. The van der Waals surface area contributed by atoms with Gasteiger partial charge in [-0.3, -0.25) is 4.79 Å². The molecule has 10 atom stereocenters. The molecule has 2 aliphatic rings. The van der Waals surface area contributed by atoms with Crippen molar-refractivity contribution in [2.45, 2.75) is 61.4 Å². The molecule has 3 heterocycles. The number of fused-ring (bicyclic) bond motifs is 1. The molecule has 0 aliphatic carbocycles. The van der Waals surface area contributed by atoms with Crippen LogP contribution in [0.3, 0.4) is 0 Å². The van der Waals surface area contributed by atoms with Crippen LogP contribution < -0.4 is 10.2 Å². The summed E-state index contributed by atoms with van der Waals surface area (Å²) in [6.45, 7) is -1.49. The van der Waals surface area contributed by atoms with Crippen molar-refractivity contribution in [3.05, 3.63) is 76.5 Å². The summed E-state index contributed by atoms with van der Waals surface area (Å²) in [5.74, 6) is -4.53. The summed E-state index contributed by atoms with van der Waals surface area (Å²) in [6, 6.07) is 13.3. The Labute approximate surface area is 292 Å². The van der Waals surface area contributed by atoms with Gasteiger partial charge in [0.15, 0.2) is 40.8 Å². The second-order valence-corrected chi connectivity index (χ2v) is 12.0. The maximum atomic E-state index is 13.0. The van der Waals surface area contributed by atoms with Gasteiger partial charge in [0, 0.05) is 17.7 Å². The lowest BCUT2D eigenvalue weighted by Crippen LogP contribution is -2.65. The number of hydrogen-bond donors (Lipinski definition) is 10. The molecule has 1 aromatic heterocycles. The van der Waals surface area contributed by atoms with E-state index in [1.807, 2.05) is 0 Å². The van der Waals surface area contributed by atoms with Gasteiger partial charge in [-0.25, -0.2) is 4.79 Å². The van der Waals surface area contributed by atoms with Gasteiger partial charge in [0.1, 0.15) is 66.1 Å². The van der Waals surface area contributed by atoms with Crippen LogP contribution in [0.5, 0.6) is 28.7 Å². The fraction of sp³-hybridized carbons (Fsp3) is 0.353. The minimum atomic E-state index is -2.00. The number of esters is 1. The van der Waals surface area contributed by atoms with E-state index in [9.17, 15) is 60.7 Å². The number of ether oxygens (including phenoxy) is 5. The molecule has 6 rings (SSSR count). The number of aliphatic hydroxyl groups is 6. The summed E-state index contributed by atoms with van der Waals surface area (Å²) in [7, 11) is 0.